The predicted octanol–water partition coefficient (Wildman–Crippen LogP) is 0.0721. The Kier molecular flexibility index (Phi) is 3.27. The van der Waals surface area contributed by atoms with Gasteiger partial charge in [0.2, 0.25) is 0 Å². The molecule has 1 saturated carbocycles. The molecule has 0 radical (unpaired) electrons. The molecule has 0 aliphatic heterocycles. The number of nitrogens with one attached hydrogen (secondary N) is 3. The van der Waals surface area contributed by atoms with E-state index in [1.165, 1.54) is 0 Å². The normalized spacial score (nSPS) is 16.2. The summed E-state index contributed by atoms with van der Waals surface area (Å²) in [5.41, 5.74) is 0.832. The van der Waals surface area contributed by atoms with Crippen LogP contribution >= 0.6 is 0 Å². The van der Waals surface area contributed by atoms with Gasteiger partial charge in [-0.1, -0.05) is 0 Å². The maximum absolute atomic E-state index is 11.5. The van der Waals surface area contributed by atoms with Crippen LogP contribution in [0.5, 0.6) is 0 Å². The maximum Gasteiger partial charge on any atom is 0.326 e. The summed E-state index contributed by atoms with van der Waals surface area (Å²) in [5, 5.41) is 20.3. The highest BCUT2D eigenvalue weighted by Gasteiger charge is 2.37. The molecule has 1 aliphatic carbocycles. The third kappa shape index (κ3) is 3.20. The van der Waals surface area contributed by atoms with Crippen molar-refractivity contribution in [2.45, 2.75) is 25.4 Å². The number of H-pyrrole nitrogens is 1. The highest BCUT2D eigenvalue weighted by atomic mass is 16.4. The lowest BCUT2D eigenvalue weighted by molar-refractivity contribution is -0.139. The molecule has 1 aliphatic rings. The second-order valence-corrected chi connectivity index (χ2v) is 4.09. The number of carbonyl (C=O) groups is 2. The van der Waals surface area contributed by atoms with Gasteiger partial charge in [-0.25, -0.2) is 9.59 Å². The van der Waals surface area contributed by atoms with Gasteiger partial charge in [-0.05, 0) is 18.8 Å². The van der Waals surface area contributed by atoms with E-state index in [2.05, 4.69) is 20.8 Å². The number of carboxylic acids is 1. The molecule has 1 atom stereocenters. The van der Waals surface area contributed by atoms with Crippen molar-refractivity contribution in [3.8, 4) is 0 Å². The van der Waals surface area contributed by atoms with E-state index in [0.29, 0.717) is 6.54 Å². The van der Waals surface area contributed by atoms with Crippen LogP contribution in [0.1, 0.15) is 18.4 Å². The van der Waals surface area contributed by atoms with E-state index in [-0.39, 0.29) is 5.92 Å². The van der Waals surface area contributed by atoms with E-state index < -0.39 is 18.0 Å². The molecule has 4 N–H and O–H groups in total. The molecule has 7 heteroatoms. The van der Waals surface area contributed by atoms with E-state index in [0.717, 1.165) is 18.4 Å². The molecular formula is C10H14N4O3. The first-order valence-electron chi connectivity index (χ1n) is 5.41. The van der Waals surface area contributed by atoms with Gasteiger partial charge in [0.15, 0.2) is 0 Å². The summed E-state index contributed by atoms with van der Waals surface area (Å²) >= 11 is 0. The van der Waals surface area contributed by atoms with Crippen molar-refractivity contribution in [1.82, 2.24) is 20.8 Å². The van der Waals surface area contributed by atoms with Gasteiger partial charge in [0, 0.05) is 18.3 Å². The SMILES string of the molecule is O=C(NCc1cn[nH]c1)NC(C(=O)O)C1CC1. The zero-order chi connectivity index (χ0) is 12.3. The summed E-state index contributed by atoms with van der Waals surface area (Å²) < 4.78 is 0. The zero-order valence-corrected chi connectivity index (χ0v) is 9.14. The minimum absolute atomic E-state index is 0.0761. The van der Waals surface area contributed by atoms with Crippen LogP contribution in [0.15, 0.2) is 12.4 Å². The summed E-state index contributed by atoms with van der Waals surface area (Å²) in [6, 6.07) is -1.25. The van der Waals surface area contributed by atoms with Crippen molar-refractivity contribution >= 4 is 12.0 Å². The molecular weight excluding hydrogens is 224 g/mol. The summed E-state index contributed by atoms with van der Waals surface area (Å²) in [7, 11) is 0. The predicted molar refractivity (Wildman–Crippen MR) is 58.1 cm³/mol. The Balaban J connectivity index is 1.77. The molecule has 7 nitrogen and oxygen atoms in total. The number of carboxylic acid groups (broad SMARTS) is 1. The molecule has 0 spiro atoms. The minimum atomic E-state index is -0.981. The van der Waals surface area contributed by atoms with Gasteiger partial charge < -0.3 is 15.7 Å². The average molecular weight is 238 g/mol. The highest BCUT2D eigenvalue weighted by molar-refractivity contribution is 5.83. The lowest BCUT2D eigenvalue weighted by atomic mass is 10.2. The van der Waals surface area contributed by atoms with E-state index >= 15 is 0 Å². The smallest absolute Gasteiger partial charge is 0.326 e. The largest absolute Gasteiger partial charge is 0.480 e. The molecule has 92 valence electrons. The number of carbonyl (C=O) groups excluding carboxylic acids is 1. The molecule has 17 heavy (non-hydrogen) atoms. The van der Waals surface area contributed by atoms with Crippen LogP contribution in [0, 0.1) is 5.92 Å². The van der Waals surface area contributed by atoms with Gasteiger partial charge in [-0.15, -0.1) is 0 Å². The molecule has 2 rings (SSSR count). The van der Waals surface area contributed by atoms with Crippen molar-refractivity contribution < 1.29 is 14.7 Å². The quantitative estimate of drug-likeness (QED) is 0.582. The Bertz CT molecular complexity index is 400. The molecule has 0 aromatic carbocycles. The first-order valence-corrected chi connectivity index (χ1v) is 5.41. The number of hydrogen-bond donors (Lipinski definition) is 4. The Morgan fingerprint density at radius 2 is 2.35 bits per heavy atom. The van der Waals surface area contributed by atoms with E-state index in [1.54, 1.807) is 12.4 Å². The topological polar surface area (TPSA) is 107 Å². The monoisotopic (exact) mass is 238 g/mol. The average Bonchev–Trinajstić information content (AvgIpc) is 2.99. The van der Waals surface area contributed by atoms with E-state index in [4.69, 9.17) is 5.11 Å². The Hall–Kier alpha value is -2.05. The number of aliphatic carboxylic acids is 1. The second-order valence-electron chi connectivity index (χ2n) is 4.09. The van der Waals surface area contributed by atoms with E-state index in [9.17, 15) is 9.59 Å². The fourth-order valence-electron chi connectivity index (χ4n) is 1.56. The lowest BCUT2D eigenvalue weighted by Gasteiger charge is -2.13. The summed E-state index contributed by atoms with van der Waals surface area (Å²) in [6.45, 7) is 0.319. The number of amides is 2. The van der Waals surface area contributed by atoms with Crippen molar-refractivity contribution in [3.05, 3.63) is 18.0 Å². The molecule has 1 aromatic rings. The molecule has 2 amide bonds. The Morgan fingerprint density at radius 3 is 2.88 bits per heavy atom. The van der Waals surface area contributed by atoms with Gasteiger partial charge in [-0.2, -0.15) is 5.10 Å². The van der Waals surface area contributed by atoms with Crippen molar-refractivity contribution in [1.29, 1.82) is 0 Å². The first kappa shape index (κ1) is 11.4. The Morgan fingerprint density at radius 1 is 1.59 bits per heavy atom. The number of rotatable bonds is 5. The van der Waals surface area contributed by atoms with Gasteiger partial charge in [-0.3, -0.25) is 5.10 Å². The standard InChI is InChI=1S/C10H14N4O3/c15-9(16)8(7-1-2-7)14-10(17)11-3-6-4-12-13-5-6/h4-5,7-8H,1-3H2,(H,12,13)(H,15,16)(H2,11,14,17). The second kappa shape index (κ2) is 4.86. The summed E-state index contributed by atoms with van der Waals surface area (Å²) in [5.74, 6) is -0.905. The maximum atomic E-state index is 11.5. The van der Waals surface area contributed by atoms with Crippen LogP contribution in [0.3, 0.4) is 0 Å². The van der Waals surface area contributed by atoms with Gasteiger partial charge in [0.05, 0.1) is 6.20 Å². The van der Waals surface area contributed by atoms with Crippen molar-refractivity contribution in [3.63, 3.8) is 0 Å². The Labute approximate surface area is 97.6 Å². The van der Waals surface area contributed by atoms with Crippen LogP contribution in [-0.2, 0) is 11.3 Å². The fraction of sp³-hybridized carbons (Fsp3) is 0.500. The third-order valence-corrected chi connectivity index (χ3v) is 2.65. The van der Waals surface area contributed by atoms with Gasteiger partial charge in [0.25, 0.3) is 0 Å². The molecule has 1 heterocycles. The fourth-order valence-corrected chi connectivity index (χ4v) is 1.56. The van der Waals surface area contributed by atoms with Crippen molar-refractivity contribution in [2.24, 2.45) is 5.92 Å². The number of aromatic nitrogens is 2. The van der Waals surface area contributed by atoms with Crippen LogP contribution in [0.25, 0.3) is 0 Å². The lowest BCUT2D eigenvalue weighted by Crippen LogP contribution is -2.46. The minimum Gasteiger partial charge on any atom is -0.480 e. The van der Waals surface area contributed by atoms with Crippen LogP contribution < -0.4 is 10.6 Å². The summed E-state index contributed by atoms with van der Waals surface area (Å²) in [6.07, 6.45) is 4.98. The molecule has 0 saturated heterocycles. The number of nitrogens with zero attached hydrogens (tertiary/aromatic N) is 1. The van der Waals surface area contributed by atoms with Crippen LogP contribution in [0.4, 0.5) is 4.79 Å². The number of aromatic amines is 1. The van der Waals surface area contributed by atoms with Crippen molar-refractivity contribution in [2.75, 3.05) is 0 Å². The number of urea groups is 1. The zero-order valence-electron chi connectivity index (χ0n) is 9.14. The molecule has 1 unspecified atom stereocenters. The molecule has 1 fully saturated rings. The van der Waals surface area contributed by atoms with Gasteiger partial charge in [0.1, 0.15) is 6.04 Å². The van der Waals surface area contributed by atoms with Crippen LogP contribution in [-0.4, -0.2) is 33.3 Å². The third-order valence-electron chi connectivity index (χ3n) is 2.65. The van der Waals surface area contributed by atoms with Gasteiger partial charge >= 0.3 is 12.0 Å². The highest BCUT2D eigenvalue weighted by Crippen LogP contribution is 2.32. The van der Waals surface area contributed by atoms with E-state index in [1.807, 2.05) is 0 Å². The summed E-state index contributed by atoms with van der Waals surface area (Å²) in [4.78, 5) is 22.4. The first-order chi connectivity index (χ1) is 8.16. The molecule has 0 bridgehead atoms. The number of hydrogen-bond acceptors (Lipinski definition) is 3. The molecule has 1 aromatic heterocycles. The van der Waals surface area contributed by atoms with Crippen LogP contribution in [0.2, 0.25) is 0 Å².